The SMILES string of the molecule is COCCCN(CC(=O)N1CCc2sccc2[C@H]1c1ccccc1)S(=O)(=O)c1ccc(OC)cc1. The van der Waals surface area contributed by atoms with Crippen LogP contribution in [0.5, 0.6) is 5.75 Å². The lowest BCUT2D eigenvalue weighted by Gasteiger charge is -2.37. The number of rotatable bonds is 10. The van der Waals surface area contributed by atoms with E-state index >= 15 is 0 Å². The Hall–Kier alpha value is -2.72. The van der Waals surface area contributed by atoms with Crippen LogP contribution >= 0.6 is 11.3 Å². The van der Waals surface area contributed by atoms with Crippen molar-refractivity contribution in [3.63, 3.8) is 0 Å². The Kier molecular flexibility index (Phi) is 8.22. The molecule has 1 amide bonds. The Bertz CT molecular complexity index is 1230. The van der Waals surface area contributed by atoms with Crippen LogP contribution in [0.3, 0.4) is 0 Å². The summed E-state index contributed by atoms with van der Waals surface area (Å²) in [5.74, 6) is 0.349. The molecule has 0 spiro atoms. The van der Waals surface area contributed by atoms with Crippen LogP contribution < -0.4 is 4.74 Å². The van der Waals surface area contributed by atoms with Gasteiger partial charge in [0.2, 0.25) is 15.9 Å². The van der Waals surface area contributed by atoms with Gasteiger partial charge in [-0.25, -0.2) is 8.42 Å². The Labute approximate surface area is 210 Å². The van der Waals surface area contributed by atoms with E-state index in [1.807, 2.05) is 35.2 Å². The third-order valence-electron chi connectivity index (χ3n) is 6.17. The minimum Gasteiger partial charge on any atom is -0.497 e. The summed E-state index contributed by atoms with van der Waals surface area (Å²) in [6.07, 6.45) is 1.24. The zero-order chi connectivity index (χ0) is 24.8. The maximum absolute atomic E-state index is 13.7. The fourth-order valence-electron chi connectivity index (χ4n) is 4.39. The molecule has 3 aromatic rings. The quantitative estimate of drug-likeness (QED) is 0.383. The van der Waals surface area contributed by atoms with E-state index in [1.165, 1.54) is 28.4 Å². The second-order valence-corrected chi connectivity index (χ2v) is 11.2. The summed E-state index contributed by atoms with van der Waals surface area (Å²) in [4.78, 5) is 16.9. The van der Waals surface area contributed by atoms with Gasteiger partial charge in [0.05, 0.1) is 24.6 Å². The molecular weight excluding hydrogens is 484 g/mol. The number of amides is 1. The van der Waals surface area contributed by atoms with Crippen molar-refractivity contribution < 1.29 is 22.7 Å². The molecular formula is C26H30N2O5S2. The van der Waals surface area contributed by atoms with Crippen LogP contribution in [0.2, 0.25) is 0 Å². The summed E-state index contributed by atoms with van der Waals surface area (Å²) in [7, 11) is -0.794. The number of nitrogens with zero attached hydrogens (tertiary/aromatic N) is 2. The molecule has 1 atom stereocenters. The van der Waals surface area contributed by atoms with E-state index in [0.29, 0.717) is 25.3 Å². The van der Waals surface area contributed by atoms with Crippen molar-refractivity contribution in [3.8, 4) is 5.75 Å². The monoisotopic (exact) mass is 514 g/mol. The molecule has 0 saturated heterocycles. The number of thiophene rings is 1. The number of hydrogen-bond donors (Lipinski definition) is 0. The first-order valence-corrected chi connectivity index (χ1v) is 13.8. The van der Waals surface area contributed by atoms with Crippen molar-refractivity contribution in [1.82, 2.24) is 9.21 Å². The summed E-state index contributed by atoms with van der Waals surface area (Å²) >= 11 is 1.70. The lowest BCUT2D eigenvalue weighted by molar-refractivity contribution is -0.133. The van der Waals surface area contributed by atoms with Crippen LogP contribution in [0.1, 0.15) is 28.5 Å². The molecule has 0 N–H and O–H groups in total. The summed E-state index contributed by atoms with van der Waals surface area (Å²) in [6, 6.07) is 18.0. The summed E-state index contributed by atoms with van der Waals surface area (Å²) < 4.78 is 38.6. The van der Waals surface area contributed by atoms with Crippen LogP contribution in [0, 0.1) is 0 Å². The smallest absolute Gasteiger partial charge is 0.243 e. The number of ether oxygens (including phenoxy) is 2. The average molecular weight is 515 g/mol. The lowest BCUT2D eigenvalue weighted by Crippen LogP contribution is -2.47. The Balaban J connectivity index is 1.62. The van der Waals surface area contributed by atoms with Crippen molar-refractivity contribution in [3.05, 3.63) is 82.0 Å². The van der Waals surface area contributed by atoms with Gasteiger partial charge in [0.1, 0.15) is 5.75 Å². The molecule has 1 aliphatic rings. The second-order valence-electron chi connectivity index (χ2n) is 8.31. The second kappa shape index (κ2) is 11.3. The van der Waals surface area contributed by atoms with E-state index in [-0.39, 0.29) is 29.9 Å². The largest absolute Gasteiger partial charge is 0.497 e. The van der Waals surface area contributed by atoms with Gasteiger partial charge in [-0.15, -0.1) is 11.3 Å². The highest BCUT2D eigenvalue weighted by Crippen LogP contribution is 2.38. The van der Waals surface area contributed by atoms with Gasteiger partial charge in [-0.2, -0.15) is 4.31 Å². The first kappa shape index (κ1) is 25.4. The topological polar surface area (TPSA) is 76.2 Å². The highest BCUT2D eigenvalue weighted by Gasteiger charge is 2.35. The van der Waals surface area contributed by atoms with Crippen molar-refractivity contribution >= 4 is 27.3 Å². The molecule has 2 aromatic carbocycles. The van der Waals surface area contributed by atoms with Gasteiger partial charge in [-0.05, 0) is 59.7 Å². The molecule has 0 radical (unpaired) electrons. The third kappa shape index (κ3) is 5.59. The normalized spacial score (nSPS) is 15.7. The number of sulfonamides is 1. The van der Waals surface area contributed by atoms with Gasteiger partial charge >= 0.3 is 0 Å². The summed E-state index contributed by atoms with van der Waals surface area (Å²) in [6.45, 7) is 0.889. The van der Waals surface area contributed by atoms with Gasteiger partial charge in [0.25, 0.3) is 0 Å². The first-order chi connectivity index (χ1) is 17.0. The molecule has 186 valence electrons. The fraction of sp³-hybridized carbons (Fsp3) is 0.346. The molecule has 9 heteroatoms. The van der Waals surface area contributed by atoms with Crippen LogP contribution in [-0.2, 0) is 26.0 Å². The number of fused-ring (bicyclic) bond motifs is 1. The molecule has 0 unspecified atom stereocenters. The number of hydrogen-bond acceptors (Lipinski definition) is 6. The summed E-state index contributed by atoms with van der Waals surface area (Å²) in [5, 5.41) is 2.06. The number of carbonyl (C=O) groups is 1. The maximum Gasteiger partial charge on any atom is 0.243 e. The third-order valence-corrected chi connectivity index (χ3v) is 9.02. The van der Waals surface area contributed by atoms with E-state index < -0.39 is 10.0 Å². The molecule has 0 aliphatic carbocycles. The van der Waals surface area contributed by atoms with Crippen molar-refractivity contribution in [1.29, 1.82) is 0 Å². The Morgan fingerprint density at radius 3 is 2.51 bits per heavy atom. The minimum atomic E-state index is -3.90. The van der Waals surface area contributed by atoms with Gasteiger partial charge in [0.15, 0.2) is 0 Å². The van der Waals surface area contributed by atoms with Gasteiger partial charge < -0.3 is 14.4 Å². The Morgan fingerprint density at radius 2 is 1.83 bits per heavy atom. The van der Waals surface area contributed by atoms with E-state index in [4.69, 9.17) is 9.47 Å². The van der Waals surface area contributed by atoms with Gasteiger partial charge in [-0.3, -0.25) is 4.79 Å². The van der Waals surface area contributed by atoms with Gasteiger partial charge in [-0.1, -0.05) is 30.3 Å². The molecule has 35 heavy (non-hydrogen) atoms. The molecule has 1 aliphatic heterocycles. The zero-order valence-corrected chi connectivity index (χ0v) is 21.6. The minimum absolute atomic E-state index is 0.127. The molecule has 0 fully saturated rings. The molecule has 0 saturated carbocycles. The van der Waals surface area contributed by atoms with Crippen LogP contribution in [0.25, 0.3) is 0 Å². The predicted molar refractivity (Wildman–Crippen MR) is 136 cm³/mol. The van der Waals surface area contributed by atoms with E-state index in [9.17, 15) is 13.2 Å². The highest BCUT2D eigenvalue weighted by atomic mass is 32.2. The van der Waals surface area contributed by atoms with Crippen molar-refractivity contribution in [2.45, 2.75) is 23.8 Å². The van der Waals surface area contributed by atoms with E-state index in [1.54, 1.807) is 30.6 Å². The maximum atomic E-state index is 13.7. The Morgan fingerprint density at radius 1 is 1.09 bits per heavy atom. The standard InChI is InChI=1S/C26H30N2O5S2/c1-32-17-6-15-27(35(30,31)22-11-9-21(33-2)10-12-22)19-25(29)28-16-13-24-23(14-18-34-24)26(28)20-7-4-3-5-8-20/h3-5,7-12,14,18,26H,6,13,15-17,19H2,1-2H3/t26-/m1/s1. The first-order valence-electron chi connectivity index (χ1n) is 11.5. The molecule has 1 aromatic heterocycles. The van der Waals surface area contributed by atoms with E-state index in [2.05, 4.69) is 11.4 Å². The molecule has 4 rings (SSSR count). The fourth-order valence-corrected chi connectivity index (χ4v) is 6.72. The number of carbonyl (C=O) groups excluding carboxylic acids is 1. The van der Waals surface area contributed by atoms with Gasteiger partial charge in [0, 0.05) is 31.7 Å². The van der Waals surface area contributed by atoms with Crippen LogP contribution in [-0.4, -0.2) is 64.0 Å². The van der Waals surface area contributed by atoms with Crippen LogP contribution in [0.15, 0.2) is 70.9 Å². The predicted octanol–water partition coefficient (Wildman–Crippen LogP) is 3.96. The van der Waals surface area contributed by atoms with Crippen molar-refractivity contribution in [2.75, 3.05) is 40.5 Å². The van der Waals surface area contributed by atoms with Crippen molar-refractivity contribution in [2.24, 2.45) is 0 Å². The number of methoxy groups -OCH3 is 2. The zero-order valence-electron chi connectivity index (χ0n) is 19.9. The lowest BCUT2D eigenvalue weighted by atomic mass is 9.93. The van der Waals surface area contributed by atoms with Crippen LogP contribution in [0.4, 0.5) is 0 Å². The highest BCUT2D eigenvalue weighted by molar-refractivity contribution is 7.89. The summed E-state index contributed by atoms with van der Waals surface area (Å²) in [5.41, 5.74) is 2.13. The number of benzene rings is 2. The molecule has 7 nitrogen and oxygen atoms in total. The average Bonchev–Trinajstić information content (AvgIpc) is 3.37. The molecule has 0 bridgehead atoms. The van der Waals surface area contributed by atoms with E-state index in [0.717, 1.165) is 17.5 Å². The molecule has 2 heterocycles.